The van der Waals surface area contributed by atoms with Crippen molar-refractivity contribution in [2.24, 2.45) is 0 Å². The third-order valence-corrected chi connectivity index (χ3v) is 2.98. The monoisotopic (exact) mass is 191 g/mol. The lowest BCUT2D eigenvalue weighted by Gasteiger charge is -2.28. The Kier molecular flexibility index (Phi) is 2.73. The number of methoxy groups -OCH3 is 1. The standard InChI is InChI=1S/C12H17NO/c1-3-13-8-7-10-5-4-6-12(14-2)11(10)9-13/h4-6H,3,7-9H2,1-2H3. The summed E-state index contributed by atoms with van der Waals surface area (Å²) < 4.78 is 5.38. The van der Waals surface area contributed by atoms with E-state index >= 15 is 0 Å². The zero-order chi connectivity index (χ0) is 9.97. The third-order valence-electron chi connectivity index (χ3n) is 2.98. The Bertz CT molecular complexity index is 308. The highest BCUT2D eigenvalue weighted by Gasteiger charge is 2.17. The van der Waals surface area contributed by atoms with Gasteiger partial charge in [0, 0.05) is 18.7 Å². The van der Waals surface area contributed by atoms with E-state index in [1.807, 2.05) is 0 Å². The first-order chi connectivity index (χ1) is 6.85. The van der Waals surface area contributed by atoms with Gasteiger partial charge in [0.15, 0.2) is 0 Å². The van der Waals surface area contributed by atoms with Gasteiger partial charge in [-0.2, -0.15) is 0 Å². The molecule has 0 amide bonds. The number of hydrogen-bond donors (Lipinski definition) is 0. The lowest BCUT2D eigenvalue weighted by atomic mass is 9.99. The summed E-state index contributed by atoms with van der Waals surface area (Å²) in [5, 5.41) is 0. The number of benzene rings is 1. The molecular formula is C12H17NO. The maximum atomic E-state index is 5.38. The molecule has 76 valence electrons. The van der Waals surface area contributed by atoms with Gasteiger partial charge in [-0.25, -0.2) is 0 Å². The van der Waals surface area contributed by atoms with Crippen molar-refractivity contribution in [2.45, 2.75) is 19.9 Å². The molecule has 2 rings (SSSR count). The van der Waals surface area contributed by atoms with Gasteiger partial charge in [-0.1, -0.05) is 19.1 Å². The molecule has 0 unspecified atom stereocenters. The summed E-state index contributed by atoms with van der Waals surface area (Å²) in [5.41, 5.74) is 2.83. The van der Waals surface area contributed by atoms with Crippen molar-refractivity contribution in [3.05, 3.63) is 29.3 Å². The van der Waals surface area contributed by atoms with E-state index in [1.165, 1.54) is 17.7 Å². The van der Waals surface area contributed by atoms with Crippen molar-refractivity contribution in [2.75, 3.05) is 20.2 Å². The van der Waals surface area contributed by atoms with E-state index < -0.39 is 0 Å². The van der Waals surface area contributed by atoms with Crippen LogP contribution < -0.4 is 4.74 Å². The third kappa shape index (κ3) is 1.62. The van der Waals surface area contributed by atoms with Crippen LogP contribution in [0.1, 0.15) is 18.1 Å². The van der Waals surface area contributed by atoms with E-state index in [4.69, 9.17) is 4.74 Å². The molecular weight excluding hydrogens is 174 g/mol. The fourth-order valence-corrected chi connectivity index (χ4v) is 2.07. The van der Waals surface area contributed by atoms with Gasteiger partial charge in [0.05, 0.1) is 7.11 Å². The Hall–Kier alpha value is -1.02. The van der Waals surface area contributed by atoms with Crippen LogP contribution in [-0.4, -0.2) is 25.1 Å². The van der Waals surface area contributed by atoms with Crippen LogP contribution in [0.5, 0.6) is 5.75 Å². The molecule has 1 aliphatic heterocycles. The number of fused-ring (bicyclic) bond motifs is 1. The minimum absolute atomic E-state index is 1.04. The van der Waals surface area contributed by atoms with Crippen molar-refractivity contribution < 1.29 is 4.74 Å². The highest BCUT2D eigenvalue weighted by molar-refractivity contribution is 5.41. The lowest BCUT2D eigenvalue weighted by molar-refractivity contribution is 0.261. The second-order valence-electron chi connectivity index (χ2n) is 3.72. The number of ether oxygens (including phenoxy) is 1. The molecule has 0 radical (unpaired) electrons. The van der Waals surface area contributed by atoms with Gasteiger partial charge in [-0.05, 0) is 24.6 Å². The molecule has 1 aromatic rings. The molecule has 0 saturated carbocycles. The molecule has 2 nitrogen and oxygen atoms in total. The van der Waals surface area contributed by atoms with Crippen LogP contribution in [0, 0.1) is 0 Å². The number of likely N-dealkylation sites (N-methyl/N-ethyl adjacent to an activating group) is 1. The van der Waals surface area contributed by atoms with Crippen LogP contribution in [0.15, 0.2) is 18.2 Å². The van der Waals surface area contributed by atoms with Crippen LogP contribution in [-0.2, 0) is 13.0 Å². The average Bonchev–Trinajstić information content (AvgIpc) is 2.27. The molecule has 0 saturated heterocycles. The Labute approximate surface area is 85.5 Å². The van der Waals surface area contributed by atoms with E-state index in [0.29, 0.717) is 0 Å². The van der Waals surface area contributed by atoms with E-state index in [2.05, 4.69) is 30.0 Å². The molecule has 0 aromatic heterocycles. The maximum Gasteiger partial charge on any atom is 0.123 e. The predicted molar refractivity (Wildman–Crippen MR) is 57.6 cm³/mol. The lowest BCUT2D eigenvalue weighted by Crippen LogP contribution is -2.30. The Morgan fingerprint density at radius 1 is 1.43 bits per heavy atom. The molecule has 0 aliphatic carbocycles. The average molecular weight is 191 g/mol. The first kappa shape index (κ1) is 9.53. The van der Waals surface area contributed by atoms with Gasteiger partial charge in [-0.3, -0.25) is 4.90 Å². The molecule has 0 N–H and O–H groups in total. The normalized spacial score (nSPS) is 16.4. The van der Waals surface area contributed by atoms with Crippen LogP contribution in [0.25, 0.3) is 0 Å². The zero-order valence-corrected chi connectivity index (χ0v) is 8.92. The van der Waals surface area contributed by atoms with Gasteiger partial charge in [0.2, 0.25) is 0 Å². The number of hydrogen-bond acceptors (Lipinski definition) is 2. The summed E-state index contributed by atoms with van der Waals surface area (Å²) in [6.07, 6.45) is 1.15. The van der Waals surface area contributed by atoms with Gasteiger partial charge >= 0.3 is 0 Å². The SMILES string of the molecule is CCN1CCc2cccc(OC)c2C1. The molecule has 0 spiro atoms. The summed E-state index contributed by atoms with van der Waals surface area (Å²) >= 11 is 0. The minimum atomic E-state index is 1.04. The Balaban J connectivity index is 2.33. The van der Waals surface area contributed by atoms with Crippen LogP contribution in [0.2, 0.25) is 0 Å². The van der Waals surface area contributed by atoms with E-state index in [1.54, 1.807) is 7.11 Å². The topological polar surface area (TPSA) is 12.5 Å². The molecule has 1 aliphatic rings. The minimum Gasteiger partial charge on any atom is -0.496 e. The smallest absolute Gasteiger partial charge is 0.123 e. The second-order valence-corrected chi connectivity index (χ2v) is 3.72. The molecule has 1 heterocycles. The fourth-order valence-electron chi connectivity index (χ4n) is 2.07. The number of nitrogens with zero attached hydrogens (tertiary/aromatic N) is 1. The van der Waals surface area contributed by atoms with Crippen molar-refractivity contribution in [1.29, 1.82) is 0 Å². The van der Waals surface area contributed by atoms with Crippen LogP contribution >= 0.6 is 0 Å². The van der Waals surface area contributed by atoms with Crippen LogP contribution in [0.4, 0.5) is 0 Å². The van der Waals surface area contributed by atoms with Gasteiger partial charge < -0.3 is 4.74 Å². The van der Waals surface area contributed by atoms with Crippen molar-refractivity contribution in [3.8, 4) is 5.75 Å². The predicted octanol–water partition coefficient (Wildman–Crippen LogP) is 2.07. The molecule has 0 fully saturated rings. The maximum absolute atomic E-state index is 5.38. The summed E-state index contributed by atoms with van der Waals surface area (Å²) in [5.74, 6) is 1.04. The van der Waals surface area contributed by atoms with Crippen LogP contribution in [0.3, 0.4) is 0 Å². The summed E-state index contributed by atoms with van der Waals surface area (Å²) in [6.45, 7) is 5.55. The van der Waals surface area contributed by atoms with Crippen molar-refractivity contribution in [3.63, 3.8) is 0 Å². The van der Waals surface area contributed by atoms with Gasteiger partial charge in [-0.15, -0.1) is 0 Å². The summed E-state index contributed by atoms with van der Waals surface area (Å²) in [4.78, 5) is 2.45. The summed E-state index contributed by atoms with van der Waals surface area (Å²) in [6, 6.07) is 6.35. The molecule has 0 atom stereocenters. The highest BCUT2D eigenvalue weighted by atomic mass is 16.5. The quantitative estimate of drug-likeness (QED) is 0.709. The Morgan fingerprint density at radius 3 is 3.00 bits per heavy atom. The zero-order valence-electron chi connectivity index (χ0n) is 8.92. The molecule has 14 heavy (non-hydrogen) atoms. The largest absolute Gasteiger partial charge is 0.496 e. The summed E-state index contributed by atoms with van der Waals surface area (Å²) in [7, 11) is 1.75. The molecule has 0 bridgehead atoms. The van der Waals surface area contributed by atoms with Crippen molar-refractivity contribution >= 4 is 0 Å². The fraction of sp³-hybridized carbons (Fsp3) is 0.500. The van der Waals surface area contributed by atoms with E-state index in [0.717, 1.165) is 25.3 Å². The van der Waals surface area contributed by atoms with Gasteiger partial charge in [0.25, 0.3) is 0 Å². The van der Waals surface area contributed by atoms with Gasteiger partial charge in [0.1, 0.15) is 5.75 Å². The van der Waals surface area contributed by atoms with Crippen molar-refractivity contribution in [1.82, 2.24) is 4.90 Å². The molecule has 1 aromatic carbocycles. The molecule has 2 heteroatoms. The second kappa shape index (κ2) is 4.01. The first-order valence-electron chi connectivity index (χ1n) is 5.22. The number of rotatable bonds is 2. The first-order valence-corrected chi connectivity index (χ1v) is 5.22. The highest BCUT2D eigenvalue weighted by Crippen LogP contribution is 2.27. The Morgan fingerprint density at radius 2 is 2.29 bits per heavy atom. The van der Waals surface area contributed by atoms with E-state index in [9.17, 15) is 0 Å². The van der Waals surface area contributed by atoms with E-state index in [-0.39, 0.29) is 0 Å².